The normalized spacial score (nSPS) is 12.7. The molecular formula is C23H28ClFN2O3. The van der Waals surface area contributed by atoms with Crippen LogP contribution in [0, 0.1) is 5.82 Å². The van der Waals surface area contributed by atoms with Gasteiger partial charge in [-0.25, -0.2) is 4.39 Å². The van der Waals surface area contributed by atoms with Crippen LogP contribution in [-0.4, -0.2) is 35.4 Å². The summed E-state index contributed by atoms with van der Waals surface area (Å²) in [5.41, 5.74) is 0.724. The molecule has 0 saturated heterocycles. The standard InChI is InChI=1S/C23H28ClFN2O3/c1-4-16(3)26-23(29)21(5-2)27(14-17-9-11-19(25)12-10-17)22(28)15-30-20-8-6-7-18(24)13-20/h6-13,16,21H,4-5,14-15H2,1-3H3,(H,26,29). The molecule has 0 spiro atoms. The molecule has 2 rings (SSSR count). The van der Waals surface area contributed by atoms with Crippen molar-refractivity contribution in [1.29, 1.82) is 0 Å². The van der Waals surface area contributed by atoms with E-state index in [-0.39, 0.29) is 36.8 Å². The fraction of sp³-hybridized carbons (Fsp3) is 0.391. The molecule has 7 heteroatoms. The maximum atomic E-state index is 13.3. The molecule has 2 aromatic rings. The highest BCUT2D eigenvalue weighted by atomic mass is 35.5. The number of carbonyl (C=O) groups is 2. The van der Waals surface area contributed by atoms with Gasteiger partial charge in [0.2, 0.25) is 5.91 Å². The molecule has 0 aliphatic rings. The van der Waals surface area contributed by atoms with Crippen LogP contribution in [0.1, 0.15) is 39.2 Å². The first kappa shape index (κ1) is 23.7. The van der Waals surface area contributed by atoms with Gasteiger partial charge >= 0.3 is 0 Å². The smallest absolute Gasteiger partial charge is 0.261 e. The van der Waals surface area contributed by atoms with Gasteiger partial charge in [-0.05, 0) is 55.7 Å². The van der Waals surface area contributed by atoms with Gasteiger partial charge < -0.3 is 15.0 Å². The number of rotatable bonds is 10. The zero-order chi connectivity index (χ0) is 22.1. The molecular weight excluding hydrogens is 407 g/mol. The van der Waals surface area contributed by atoms with Crippen molar-refractivity contribution in [2.75, 3.05) is 6.61 Å². The third-order valence-corrected chi connectivity index (χ3v) is 5.05. The molecule has 0 fully saturated rings. The Labute approximate surface area is 182 Å². The topological polar surface area (TPSA) is 58.6 Å². The van der Waals surface area contributed by atoms with E-state index < -0.39 is 6.04 Å². The molecule has 1 N–H and O–H groups in total. The number of nitrogens with one attached hydrogen (secondary N) is 1. The minimum Gasteiger partial charge on any atom is -0.484 e. The second kappa shape index (κ2) is 11.6. The maximum Gasteiger partial charge on any atom is 0.261 e. The first-order chi connectivity index (χ1) is 14.3. The van der Waals surface area contributed by atoms with Gasteiger partial charge in [0.05, 0.1) is 0 Å². The Kier molecular flexibility index (Phi) is 9.12. The molecule has 30 heavy (non-hydrogen) atoms. The summed E-state index contributed by atoms with van der Waals surface area (Å²) in [4.78, 5) is 27.4. The van der Waals surface area contributed by atoms with Crippen LogP contribution >= 0.6 is 11.6 Å². The van der Waals surface area contributed by atoms with Gasteiger partial charge in [-0.15, -0.1) is 0 Å². The number of benzene rings is 2. The lowest BCUT2D eigenvalue weighted by molar-refractivity contribution is -0.143. The zero-order valence-electron chi connectivity index (χ0n) is 17.5. The summed E-state index contributed by atoms with van der Waals surface area (Å²) >= 11 is 5.96. The summed E-state index contributed by atoms with van der Waals surface area (Å²) in [5, 5.41) is 3.44. The first-order valence-corrected chi connectivity index (χ1v) is 10.4. The average Bonchev–Trinajstić information content (AvgIpc) is 2.73. The van der Waals surface area contributed by atoms with E-state index in [1.807, 2.05) is 20.8 Å². The number of nitrogens with zero attached hydrogens (tertiary/aromatic N) is 1. The molecule has 0 saturated carbocycles. The van der Waals surface area contributed by atoms with Crippen LogP contribution in [0.3, 0.4) is 0 Å². The molecule has 0 bridgehead atoms. The number of hydrogen-bond acceptors (Lipinski definition) is 3. The van der Waals surface area contributed by atoms with Gasteiger partial charge in [0.15, 0.2) is 6.61 Å². The third-order valence-electron chi connectivity index (χ3n) is 4.81. The highest BCUT2D eigenvalue weighted by molar-refractivity contribution is 6.30. The second-order valence-corrected chi connectivity index (χ2v) is 7.57. The highest BCUT2D eigenvalue weighted by Gasteiger charge is 2.29. The summed E-state index contributed by atoms with van der Waals surface area (Å²) in [6.45, 7) is 5.67. The number of amides is 2. The number of ether oxygens (including phenoxy) is 1. The van der Waals surface area contributed by atoms with Crippen LogP contribution in [-0.2, 0) is 16.1 Å². The van der Waals surface area contributed by atoms with Crippen LogP contribution in [0.2, 0.25) is 5.02 Å². The van der Waals surface area contributed by atoms with Gasteiger partial charge in [0.25, 0.3) is 5.91 Å². The summed E-state index contributed by atoms with van der Waals surface area (Å²) in [6.07, 6.45) is 1.22. The van der Waals surface area contributed by atoms with Crippen molar-refractivity contribution >= 4 is 23.4 Å². The summed E-state index contributed by atoms with van der Waals surface area (Å²) < 4.78 is 18.9. The lowest BCUT2D eigenvalue weighted by Crippen LogP contribution is -2.51. The Bertz CT molecular complexity index is 845. The second-order valence-electron chi connectivity index (χ2n) is 7.14. The molecule has 2 unspecified atom stereocenters. The Morgan fingerprint density at radius 3 is 2.43 bits per heavy atom. The maximum absolute atomic E-state index is 13.3. The summed E-state index contributed by atoms with van der Waals surface area (Å²) in [5.74, 6) is -0.451. The quantitative estimate of drug-likeness (QED) is 0.595. The van der Waals surface area contributed by atoms with E-state index in [2.05, 4.69) is 5.32 Å². The summed E-state index contributed by atoms with van der Waals surface area (Å²) in [7, 11) is 0. The number of hydrogen-bond donors (Lipinski definition) is 1. The number of halogens is 2. The fourth-order valence-electron chi connectivity index (χ4n) is 2.93. The molecule has 2 amide bonds. The average molecular weight is 435 g/mol. The van der Waals surface area contributed by atoms with Crippen LogP contribution in [0.25, 0.3) is 0 Å². The van der Waals surface area contributed by atoms with E-state index in [1.165, 1.54) is 17.0 Å². The Hall–Kier alpha value is -2.60. The first-order valence-electron chi connectivity index (χ1n) is 10.1. The van der Waals surface area contributed by atoms with E-state index in [0.29, 0.717) is 17.2 Å². The van der Waals surface area contributed by atoms with E-state index in [1.54, 1.807) is 36.4 Å². The zero-order valence-corrected chi connectivity index (χ0v) is 18.3. The summed E-state index contributed by atoms with van der Waals surface area (Å²) in [6, 6.07) is 12.0. The van der Waals surface area contributed by atoms with E-state index in [9.17, 15) is 14.0 Å². The molecule has 2 aromatic carbocycles. The SMILES string of the molecule is CCC(C)NC(=O)C(CC)N(Cc1ccc(F)cc1)C(=O)COc1cccc(Cl)c1. The lowest BCUT2D eigenvalue weighted by atomic mass is 10.1. The van der Waals surface area contributed by atoms with Crippen molar-refractivity contribution in [3.05, 3.63) is 64.9 Å². The van der Waals surface area contributed by atoms with Crippen molar-refractivity contribution in [1.82, 2.24) is 10.2 Å². The molecule has 0 aliphatic heterocycles. The van der Waals surface area contributed by atoms with Gasteiger partial charge in [-0.1, -0.05) is 43.6 Å². The molecule has 5 nitrogen and oxygen atoms in total. The minimum absolute atomic E-state index is 0.00275. The van der Waals surface area contributed by atoms with Crippen LogP contribution in [0.15, 0.2) is 48.5 Å². The lowest BCUT2D eigenvalue weighted by Gasteiger charge is -2.31. The largest absolute Gasteiger partial charge is 0.484 e. The van der Waals surface area contributed by atoms with Crippen molar-refractivity contribution in [2.45, 2.75) is 52.2 Å². The van der Waals surface area contributed by atoms with Crippen LogP contribution < -0.4 is 10.1 Å². The molecule has 162 valence electrons. The predicted molar refractivity (Wildman–Crippen MR) is 116 cm³/mol. The Balaban J connectivity index is 2.20. The van der Waals surface area contributed by atoms with E-state index in [0.717, 1.165) is 12.0 Å². The molecule has 2 atom stereocenters. The van der Waals surface area contributed by atoms with E-state index in [4.69, 9.17) is 16.3 Å². The fourth-order valence-corrected chi connectivity index (χ4v) is 3.11. The monoisotopic (exact) mass is 434 g/mol. The molecule has 0 radical (unpaired) electrons. The molecule has 0 aromatic heterocycles. The van der Waals surface area contributed by atoms with E-state index >= 15 is 0 Å². The Morgan fingerprint density at radius 2 is 1.83 bits per heavy atom. The van der Waals surface area contributed by atoms with Gasteiger partial charge in [0.1, 0.15) is 17.6 Å². The van der Waals surface area contributed by atoms with Gasteiger partial charge in [-0.3, -0.25) is 9.59 Å². The van der Waals surface area contributed by atoms with Crippen molar-refractivity contribution in [3.8, 4) is 5.75 Å². The third kappa shape index (κ3) is 7.02. The van der Waals surface area contributed by atoms with Crippen molar-refractivity contribution < 1.29 is 18.7 Å². The molecule has 0 heterocycles. The number of carbonyl (C=O) groups excluding carboxylic acids is 2. The predicted octanol–water partition coefficient (Wildman–Crippen LogP) is 4.58. The minimum atomic E-state index is -0.667. The van der Waals surface area contributed by atoms with Gasteiger partial charge in [-0.2, -0.15) is 0 Å². The van der Waals surface area contributed by atoms with Crippen LogP contribution in [0.5, 0.6) is 5.75 Å². The van der Waals surface area contributed by atoms with Gasteiger partial charge in [0, 0.05) is 17.6 Å². The van der Waals surface area contributed by atoms with Crippen molar-refractivity contribution in [3.63, 3.8) is 0 Å². The van der Waals surface area contributed by atoms with Crippen molar-refractivity contribution in [2.24, 2.45) is 0 Å². The highest BCUT2D eigenvalue weighted by Crippen LogP contribution is 2.18. The van der Waals surface area contributed by atoms with Crippen LogP contribution in [0.4, 0.5) is 4.39 Å². The Morgan fingerprint density at radius 1 is 1.13 bits per heavy atom. The molecule has 0 aliphatic carbocycles.